The Hall–Kier alpha value is -1.09. The Labute approximate surface area is 130 Å². The second-order valence-electron chi connectivity index (χ2n) is 6.26. The fraction of sp³-hybridized carbons (Fsp3) is 0.722. The molecule has 1 saturated carbocycles. The lowest BCUT2D eigenvalue weighted by Crippen LogP contribution is -2.27. The molecule has 0 aromatic carbocycles. The van der Waals surface area contributed by atoms with Crippen molar-refractivity contribution in [1.29, 1.82) is 0 Å². The molecule has 3 nitrogen and oxygen atoms in total. The number of anilines is 1. The summed E-state index contributed by atoms with van der Waals surface area (Å²) in [6, 6.07) is 5.23. The van der Waals surface area contributed by atoms with Crippen molar-refractivity contribution in [2.75, 3.05) is 18.0 Å². The quantitative estimate of drug-likeness (QED) is 0.704. The Bertz CT molecular complexity index is 418. The van der Waals surface area contributed by atoms with E-state index < -0.39 is 0 Å². The lowest BCUT2D eigenvalue weighted by molar-refractivity contribution is 0.665. The molecule has 1 aromatic rings. The highest BCUT2D eigenvalue weighted by Crippen LogP contribution is 2.21. The summed E-state index contributed by atoms with van der Waals surface area (Å²) >= 11 is 0. The van der Waals surface area contributed by atoms with Crippen LogP contribution >= 0.6 is 0 Å². The van der Waals surface area contributed by atoms with Gasteiger partial charge in [-0.05, 0) is 44.2 Å². The van der Waals surface area contributed by atoms with E-state index in [9.17, 15) is 0 Å². The summed E-state index contributed by atoms with van der Waals surface area (Å²) in [6.45, 7) is 9.87. The summed E-state index contributed by atoms with van der Waals surface area (Å²) in [5.74, 6) is 1.16. The topological polar surface area (TPSA) is 28.2 Å². The van der Waals surface area contributed by atoms with Gasteiger partial charge in [0.25, 0.3) is 0 Å². The molecule has 1 aliphatic carbocycles. The molecule has 118 valence electrons. The summed E-state index contributed by atoms with van der Waals surface area (Å²) in [5.41, 5.74) is 2.52. The van der Waals surface area contributed by atoms with Crippen molar-refractivity contribution in [3.8, 4) is 0 Å². The van der Waals surface area contributed by atoms with Gasteiger partial charge in [0.1, 0.15) is 5.82 Å². The van der Waals surface area contributed by atoms with Gasteiger partial charge in [0, 0.05) is 31.4 Å². The SMILES string of the molecule is CCCCN(CCCC)c1ccc(CNC2CC2)c(C)n1. The molecular weight excluding hydrogens is 258 g/mol. The average molecular weight is 289 g/mol. The van der Waals surface area contributed by atoms with Crippen LogP contribution in [0.5, 0.6) is 0 Å². The molecule has 0 atom stereocenters. The predicted octanol–water partition coefficient (Wildman–Crippen LogP) is 4.05. The zero-order chi connectivity index (χ0) is 15.1. The van der Waals surface area contributed by atoms with Crippen molar-refractivity contribution in [3.63, 3.8) is 0 Å². The first-order chi connectivity index (χ1) is 10.2. The first-order valence-corrected chi connectivity index (χ1v) is 8.69. The average Bonchev–Trinajstić information content (AvgIpc) is 3.30. The maximum atomic E-state index is 4.86. The molecule has 0 amide bonds. The summed E-state index contributed by atoms with van der Waals surface area (Å²) in [5, 5.41) is 3.58. The molecule has 0 aliphatic heterocycles. The molecule has 0 unspecified atom stereocenters. The van der Waals surface area contributed by atoms with Crippen molar-refractivity contribution in [2.24, 2.45) is 0 Å². The maximum absolute atomic E-state index is 4.86. The van der Waals surface area contributed by atoms with Crippen LogP contribution in [0, 0.1) is 6.92 Å². The fourth-order valence-corrected chi connectivity index (χ4v) is 2.52. The van der Waals surface area contributed by atoms with E-state index in [4.69, 9.17) is 4.98 Å². The van der Waals surface area contributed by atoms with Crippen LogP contribution in [0.15, 0.2) is 12.1 Å². The monoisotopic (exact) mass is 289 g/mol. The van der Waals surface area contributed by atoms with Gasteiger partial charge in [-0.25, -0.2) is 4.98 Å². The van der Waals surface area contributed by atoms with Crippen molar-refractivity contribution in [3.05, 3.63) is 23.4 Å². The zero-order valence-electron chi connectivity index (χ0n) is 14.0. The Kier molecular flexibility index (Phi) is 6.50. The molecule has 0 bridgehead atoms. The van der Waals surface area contributed by atoms with Crippen LogP contribution in [0.3, 0.4) is 0 Å². The number of aromatic nitrogens is 1. The molecule has 1 fully saturated rings. The van der Waals surface area contributed by atoms with Gasteiger partial charge in [0.2, 0.25) is 0 Å². The van der Waals surface area contributed by atoms with E-state index in [1.165, 1.54) is 49.8 Å². The van der Waals surface area contributed by atoms with Crippen LogP contribution in [0.25, 0.3) is 0 Å². The van der Waals surface area contributed by atoms with E-state index in [0.29, 0.717) is 0 Å². The van der Waals surface area contributed by atoms with Crippen molar-refractivity contribution >= 4 is 5.82 Å². The lowest BCUT2D eigenvalue weighted by atomic mass is 10.2. The first kappa shape index (κ1) is 16.3. The number of unbranched alkanes of at least 4 members (excludes halogenated alkanes) is 2. The van der Waals surface area contributed by atoms with Crippen LogP contribution in [0.1, 0.15) is 63.6 Å². The van der Waals surface area contributed by atoms with Gasteiger partial charge in [-0.2, -0.15) is 0 Å². The number of pyridine rings is 1. The van der Waals surface area contributed by atoms with Gasteiger partial charge in [-0.1, -0.05) is 32.8 Å². The van der Waals surface area contributed by atoms with Crippen molar-refractivity contribution in [2.45, 2.75) is 71.9 Å². The minimum atomic E-state index is 0.759. The second kappa shape index (κ2) is 8.38. The van der Waals surface area contributed by atoms with E-state index in [1.54, 1.807) is 0 Å². The zero-order valence-corrected chi connectivity index (χ0v) is 14.0. The molecule has 21 heavy (non-hydrogen) atoms. The van der Waals surface area contributed by atoms with Crippen LogP contribution in [-0.4, -0.2) is 24.1 Å². The molecule has 1 aromatic heterocycles. The Morgan fingerprint density at radius 1 is 1.14 bits per heavy atom. The van der Waals surface area contributed by atoms with Crippen LogP contribution in [-0.2, 0) is 6.54 Å². The van der Waals surface area contributed by atoms with Gasteiger partial charge in [0.15, 0.2) is 0 Å². The minimum Gasteiger partial charge on any atom is -0.357 e. The third kappa shape index (κ3) is 5.31. The fourth-order valence-electron chi connectivity index (χ4n) is 2.52. The smallest absolute Gasteiger partial charge is 0.128 e. The largest absolute Gasteiger partial charge is 0.357 e. The van der Waals surface area contributed by atoms with Gasteiger partial charge in [-0.15, -0.1) is 0 Å². The van der Waals surface area contributed by atoms with Gasteiger partial charge >= 0.3 is 0 Å². The third-order valence-electron chi connectivity index (χ3n) is 4.23. The third-order valence-corrected chi connectivity index (χ3v) is 4.23. The number of nitrogens with one attached hydrogen (secondary N) is 1. The van der Waals surface area contributed by atoms with E-state index in [1.807, 2.05) is 0 Å². The number of hydrogen-bond acceptors (Lipinski definition) is 3. The highest BCUT2D eigenvalue weighted by Gasteiger charge is 2.20. The minimum absolute atomic E-state index is 0.759. The molecule has 1 N–H and O–H groups in total. The molecule has 0 radical (unpaired) electrons. The molecule has 1 aliphatic rings. The molecular formula is C18H31N3. The lowest BCUT2D eigenvalue weighted by Gasteiger charge is -2.24. The van der Waals surface area contributed by atoms with E-state index in [-0.39, 0.29) is 0 Å². The molecule has 2 rings (SSSR count). The highest BCUT2D eigenvalue weighted by atomic mass is 15.2. The number of rotatable bonds is 10. The van der Waals surface area contributed by atoms with Gasteiger partial charge in [-0.3, -0.25) is 0 Å². The molecule has 0 saturated heterocycles. The summed E-state index contributed by atoms with van der Waals surface area (Å²) in [6.07, 6.45) is 7.65. The molecule has 3 heteroatoms. The van der Waals surface area contributed by atoms with Crippen molar-refractivity contribution in [1.82, 2.24) is 10.3 Å². The standard InChI is InChI=1S/C18H31N3/c1-4-6-12-21(13-7-5-2)18-11-8-16(15(3)20-18)14-19-17-9-10-17/h8,11,17,19H,4-7,9-10,12-14H2,1-3H3. The van der Waals surface area contributed by atoms with E-state index in [2.05, 4.69) is 43.1 Å². The molecule has 0 spiro atoms. The molecule has 1 heterocycles. The second-order valence-corrected chi connectivity index (χ2v) is 6.26. The number of hydrogen-bond donors (Lipinski definition) is 1. The Balaban J connectivity index is 1.99. The Morgan fingerprint density at radius 2 is 1.81 bits per heavy atom. The van der Waals surface area contributed by atoms with E-state index >= 15 is 0 Å². The van der Waals surface area contributed by atoms with E-state index in [0.717, 1.165) is 31.5 Å². The highest BCUT2D eigenvalue weighted by molar-refractivity contribution is 5.41. The summed E-state index contributed by atoms with van der Waals surface area (Å²) < 4.78 is 0. The number of aryl methyl sites for hydroxylation is 1. The summed E-state index contributed by atoms with van der Waals surface area (Å²) in [7, 11) is 0. The maximum Gasteiger partial charge on any atom is 0.128 e. The number of nitrogens with zero attached hydrogens (tertiary/aromatic N) is 2. The van der Waals surface area contributed by atoms with Gasteiger partial charge < -0.3 is 10.2 Å². The van der Waals surface area contributed by atoms with Crippen LogP contribution in [0.4, 0.5) is 5.82 Å². The van der Waals surface area contributed by atoms with Crippen LogP contribution < -0.4 is 10.2 Å². The predicted molar refractivity (Wildman–Crippen MR) is 90.9 cm³/mol. The van der Waals surface area contributed by atoms with Crippen LogP contribution in [0.2, 0.25) is 0 Å². The summed E-state index contributed by atoms with van der Waals surface area (Å²) in [4.78, 5) is 7.32. The Morgan fingerprint density at radius 3 is 2.33 bits per heavy atom. The first-order valence-electron chi connectivity index (χ1n) is 8.69. The van der Waals surface area contributed by atoms with Crippen molar-refractivity contribution < 1.29 is 0 Å². The normalized spacial score (nSPS) is 14.4. The van der Waals surface area contributed by atoms with Gasteiger partial charge in [0.05, 0.1) is 0 Å².